The van der Waals surface area contributed by atoms with Crippen molar-refractivity contribution in [2.75, 3.05) is 46.9 Å². The fourth-order valence-corrected chi connectivity index (χ4v) is 2.63. The van der Waals surface area contributed by atoms with Crippen LogP contribution in [0.15, 0.2) is 18.2 Å². The van der Waals surface area contributed by atoms with E-state index >= 15 is 0 Å². The standard InChI is InChI=1S/C17H25N3O4/c1-23-15-4-3-14(11-16(15)24-2)12-18-17(22)5-6-19-7-9-20(13-21)10-8-19/h3-4,11,13H,5-10,12H2,1-2H3,(H,18,22). The minimum Gasteiger partial charge on any atom is -0.493 e. The van der Waals surface area contributed by atoms with E-state index in [0.717, 1.165) is 38.2 Å². The third-order valence-electron chi connectivity index (χ3n) is 4.15. The highest BCUT2D eigenvalue weighted by atomic mass is 16.5. The molecule has 0 radical (unpaired) electrons. The van der Waals surface area contributed by atoms with Crippen LogP contribution >= 0.6 is 0 Å². The van der Waals surface area contributed by atoms with E-state index in [2.05, 4.69) is 10.2 Å². The average molecular weight is 335 g/mol. The molecule has 7 heteroatoms. The number of rotatable bonds is 8. The normalized spacial score (nSPS) is 15.0. The molecule has 1 aromatic carbocycles. The molecule has 2 rings (SSSR count). The Kier molecular flexibility index (Phi) is 6.87. The van der Waals surface area contributed by atoms with Gasteiger partial charge in [-0.15, -0.1) is 0 Å². The zero-order chi connectivity index (χ0) is 17.4. The van der Waals surface area contributed by atoms with E-state index < -0.39 is 0 Å². The average Bonchev–Trinajstić information content (AvgIpc) is 2.64. The fourth-order valence-electron chi connectivity index (χ4n) is 2.63. The van der Waals surface area contributed by atoms with E-state index in [1.54, 1.807) is 19.1 Å². The molecule has 0 saturated carbocycles. The number of hydrogen-bond acceptors (Lipinski definition) is 5. The van der Waals surface area contributed by atoms with Gasteiger partial charge >= 0.3 is 0 Å². The number of nitrogens with zero attached hydrogens (tertiary/aromatic N) is 2. The van der Waals surface area contributed by atoms with E-state index in [-0.39, 0.29) is 5.91 Å². The summed E-state index contributed by atoms with van der Waals surface area (Å²) in [5.74, 6) is 1.34. The van der Waals surface area contributed by atoms with Crippen LogP contribution < -0.4 is 14.8 Å². The summed E-state index contributed by atoms with van der Waals surface area (Å²) in [4.78, 5) is 26.6. The van der Waals surface area contributed by atoms with Gasteiger partial charge in [-0.25, -0.2) is 0 Å². The highest BCUT2D eigenvalue weighted by Crippen LogP contribution is 2.27. The van der Waals surface area contributed by atoms with E-state index in [4.69, 9.17) is 9.47 Å². The van der Waals surface area contributed by atoms with E-state index in [9.17, 15) is 9.59 Å². The SMILES string of the molecule is COc1ccc(CNC(=O)CCN2CCN(C=O)CC2)cc1OC. The van der Waals surface area contributed by atoms with Crippen molar-refractivity contribution in [2.45, 2.75) is 13.0 Å². The first kappa shape index (κ1) is 18.1. The molecule has 1 aliphatic rings. The summed E-state index contributed by atoms with van der Waals surface area (Å²) in [6, 6.07) is 5.59. The summed E-state index contributed by atoms with van der Waals surface area (Å²) in [5, 5.41) is 2.92. The third kappa shape index (κ3) is 5.13. The number of carbonyl (C=O) groups is 2. The molecular weight excluding hydrogens is 310 g/mol. The van der Waals surface area contributed by atoms with Gasteiger partial charge in [0, 0.05) is 45.7 Å². The molecule has 1 fully saturated rings. The molecule has 1 aromatic rings. The zero-order valence-electron chi connectivity index (χ0n) is 14.3. The molecule has 1 aliphatic heterocycles. The Labute approximate surface area is 142 Å². The van der Waals surface area contributed by atoms with Gasteiger partial charge in [-0.1, -0.05) is 6.07 Å². The minimum absolute atomic E-state index is 0.0163. The lowest BCUT2D eigenvalue weighted by atomic mass is 10.2. The Morgan fingerprint density at radius 2 is 1.88 bits per heavy atom. The van der Waals surface area contributed by atoms with Crippen LogP contribution in [0, 0.1) is 0 Å². The molecule has 24 heavy (non-hydrogen) atoms. The molecule has 1 saturated heterocycles. The van der Waals surface area contributed by atoms with Crippen molar-refractivity contribution in [1.82, 2.24) is 15.1 Å². The number of piperazine rings is 1. The summed E-state index contributed by atoms with van der Waals surface area (Å²) in [5.41, 5.74) is 0.959. The molecule has 0 atom stereocenters. The number of carbonyl (C=O) groups excluding carboxylic acids is 2. The molecule has 7 nitrogen and oxygen atoms in total. The molecule has 0 bridgehead atoms. The molecular formula is C17H25N3O4. The Bertz CT molecular complexity index is 557. The number of methoxy groups -OCH3 is 2. The number of amides is 2. The summed E-state index contributed by atoms with van der Waals surface area (Å²) in [7, 11) is 3.18. The molecule has 1 heterocycles. The topological polar surface area (TPSA) is 71.1 Å². The molecule has 1 N–H and O–H groups in total. The first-order valence-corrected chi connectivity index (χ1v) is 8.05. The van der Waals surface area contributed by atoms with Gasteiger partial charge in [-0.3, -0.25) is 14.5 Å². The summed E-state index contributed by atoms with van der Waals surface area (Å²) in [6.45, 7) is 4.28. The third-order valence-corrected chi connectivity index (χ3v) is 4.15. The smallest absolute Gasteiger partial charge is 0.221 e. The predicted molar refractivity (Wildman–Crippen MR) is 90.1 cm³/mol. The Hall–Kier alpha value is -2.28. The zero-order valence-corrected chi connectivity index (χ0v) is 14.3. The first-order valence-electron chi connectivity index (χ1n) is 8.05. The lowest BCUT2D eigenvalue weighted by Crippen LogP contribution is -2.46. The van der Waals surface area contributed by atoms with E-state index in [1.807, 2.05) is 18.2 Å². The first-order chi connectivity index (χ1) is 11.7. The Morgan fingerprint density at radius 3 is 2.50 bits per heavy atom. The van der Waals surface area contributed by atoms with Gasteiger partial charge in [0.05, 0.1) is 14.2 Å². The second-order valence-corrected chi connectivity index (χ2v) is 5.70. The van der Waals surface area contributed by atoms with Crippen molar-refractivity contribution in [3.63, 3.8) is 0 Å². The summed E-state index contributed by atoms with van der Waals surface area (Å²) >= 11 is 0. The van der Waals surface area contributed by atoms with Crippen LogP contribution in [-0.4, -0.2) is 69.1 Å². The van der Waals surface area contributed by atoms with E-state index in [1.165, 1.54) is 0 Å². The molecule has 0 aliphatic carbocycles. The van der Waals surface area contributed by atoms with Crippen LogP contribution in [0.2, 0.25) is 0 Å². The van der Waals surface area contributed by atoms with Gasteiger partial charge in [0.25, 0.3) is 0 Å². The van der Waals surface area contributed by atoms with Gasteiger partial charge in [0.1, 0.15) is 0 Å². The molecule has 0 spiro atoms. The monoisotopic (exact) mass is 335 g/mol. The maximum atomic E-state index is 12.0. The second kappa shape index (κ2) is 9.12. The molecule has 0 unspecified atom stereocenters. The molecule has 2 amide bonds. The van der Waals surface area contributed by atoms with Crippen LogP contribution in [0.3, 0.4) is 0 Å². The number of hydrogen-bond donors (Lipinski definition) is 1. The van der Waals surface area contributed by atoms with Crippen molar-refractivity contribution in [2.24, 2.45) is 0 Å². The van der Waals surface area contributed by atoms with Crippen LogP contribution in [-0.2, 0) is 16.1 Å². The number of ether oxygens (including phenoxy) is 2. The number of nitrogens with one attached hydrogen (secondary N) is 1. The van der Waals surface area contributed by atoms with Gasteiger partial charge < -0.3 is 19.7 Å². The highest BCUT2D eigenvalue weighted by Gasteiger charge is 2.16. The van der Waals surface area contributed by atoms with Gasteiger partial charge in [0.15, 0.2) is 11.5 Å². The van der Waals surface area contributed by atoms with Crippen molar-refractivity contribution < 1.29 is 19.1 Å². The lowest BCUT2D eigenvalue weighted by Gasteiger charge is -2.32. The summed E-state index contributed by atoms with van der Waals surface area (Å²) in [6.07, 6.45) is 1.33. The largest absolute Gasteiger partial charge is 0.493 e. The quantitative estimate of drug-likeness (QED) is 0.700. The molecule has 132 valence electrons. The maximum Gasteiger partial charge on any atom is 0.221 e. The maximum absolute atomic E-state index is 12.0. The van der Waals surface area contributed by atoms with Crippen molar-refractivity contribution in [1.29, 1.82) is 0 Å². The van der Waals surface area contributed by atoms with Crippen LogP contribution in [0.1, 0.15) is 12.0 Å². The van der Waals surface area contributed by atoms with Gasteiger partial charge in [-0.05, 0) is 17.7 Å². The highest BCUT2D eigenvalue weighted by molar-refractivity contribution is 5.76. The second-order valence-electron chi connectivity index (χ2n) is 5.70. The Morgan fingerprint density at radius 1 is 1.17 bits per heavy atom. The van der Waals surface area contributed by atoms with Crippen molar-refractivity contribution in [3.8, 4) is 11.5 Å². The predicted octanol–water partition coefficient (Wildman–Crippen LogP) is 0.484. The fraction of sp³-hybridized carbons (Fsp3) is 0.529. The van der Waals surface area contributed by atoms with Gasteiger partial charge in [-0.2, -0.15) is 0 Å². The van der Waals surface area contributed by atoms with Crippen LogP contribution in [0.5, 0.6) is 11.5 Å². The Balaban J connectivity index is 1.72. The van der Waals surface area contributed by atoms with Crippen molar-refractivity contribution in [3.05, 3.63) is 23.8 Å². The summed E-state index contributed by atoms with van der Waals surface area (Å²) < 4.78 is 10.5. The van der Waals surface area contributed by atoms with Crippen LogP contribution in [0.25, 0.3) is 0 Å². The van der Waals surface area contributed by atoms with E-state index in [0.29, 0.717) is 31.0 Å². The molecule has 0 aromatic heterocycles. The van der Waals surface area contributed by atoms with Gasteiger partial charge in [0.2, 0.25) is 12.3 Å². The van der Waals surface area contributed by atoms with Crippen LogP contribution in [0.4, 0.5) is 0 Å². The lowest BCUT2D eigenvalue weighted by molar-refractivity contribution is -0.123. The minimum atomic E-state index is 0.0163. The number of benzene rings is 1. The van der Waals surface area contributed by atoms with Crippen molar-refractivity contribution >= 4 is 12.3 Å².